The first-order valence-electron chi connectivity index (χ1n) is 6.57. The van der Waals surface area contributed by atoms with Gasteiger partial charge in [0.1, 0.15) is 0 Å². The molecule has 0 saturated heterocycles. The Morgan fingerprint density at radius 1 is 1.40 bits per heavy atom. The van der Waals surface area contributed by atoms with Crippen LogP contribution in [-0.4, -0.2) is 24.4 Å². The molecule has 6 heteroatoms. The minimum absolute atomic E-state index is 0.0909. The summed E-state index contributed by atoms with van der Waals surface area (Å²) in [6, 6.07) is 5.02. The van der Waals surface area contributed by atoms with Crippen LogP contribution in [0.25, 0.3) is 0 Å². The number of rotatable bonds is 6. The van der Waals surface area contributed by atoms with Crippen molar-refractivity contribution in [1.29, 1.82) is 0 Å². The molecule has 0 aliphatic rings. The lowest BCUT2D eigenvalue weighted by molar-refractivity contribution is -0.121. The molecular weight excluding hydrogens is 278 g/mol. The van der Waals surface area contributed by atoms with Crippen molar-refractivity contribution < 1.29 is 9.59 Å². The second-order valence-electron chi connectivity index (χ2n) is 4.59. The molecular formula is C14H20ClN3O2. The Labute approximate surface area is 123 Å². The smallest absolute Gasteiger partial charge is 0.254 e. The maximum Gasteiger partial charge on any atom is 0.254 e. The van der Waals surface area contributed by atoms with Crippen molar-refractivity contribution in [2.45, 2.75) is 32.7 Å². The normalized spacial score (nSPS) is 11.8. The topological polar surface area (TPSA) is 84.2 Å². The van der Waals surface area contributed by atoms with Gasteiger partial charge in [0.25, 0.3) is 5.91 Å². The van der Waals surface area contributed by atoms with Gasteiger partial charge in [-0.15, -0.1) is 0 Å². The Hall–Kier alpha value is -1.75. The molecule has 0 aromatic heterocycles. The Morgan fingerprint density at radius 3 is 2.70 bits per heavy atom. The molecule has 1 unspecified atom stereocenters. The predicted molar refractivity (Wildman–Crippen MR) is 80.7 cm³/mol. The fourth-order valence-corrected chi connectivity index (χ4v) is 1.88. The van der Waals surface area contributed by atoms with Crippen LogP contribution < -0.4 is 16.4 Å². The predicted octanol–water partition coefficient (Wildman–Crippen LogP) is 1.96. The molecule has 0 radical (unpaired) electrons. The molecule has 0 aliphatic heterocycles. The Morgan fingerprint density at radius 2 is 2.10 bits per heavy atom. The van der Waals surface area contributed by atoms with Gasteiger partial charge in [-0.25, -0.2) is 0 Å². The van der Waals surface area contributed by atoms with E-state index < -0.39 is 0 Å². The maximum atomic E-state index is 11.9. The second-order valence-corrected chi connectivity index (χ2v) is 4.99. The van der Waals surface area contributed by atoms with Gasteiger partial charge >= 0.3 is 0 Å². The van der Waals surface area contributed by atoms with Crippen LogP contribution in [0.5, 0.6) is 0 Å². The highest BCUT2D eigenvalue weighted by atomic mass is 35.5. The summed E-state index contributed by atoms with van der Waals surface area (Å²) < 4.78 is 0. The molecule has 1 aromatic rings. The summed E-state index contributed by atoms with van der Waals surface area (Å²) in [5, 5.41) is 5.76. The summed E-state index contributed by atoms with van der Waals surface area (Å²) >= 11 is 5.93. The third kappa shape index (κ3) is 4.74. The van der Waals surface area contributed by atoms with E-state index in [0.29, 0.717) is 10.7 Å². The van der Waals surface area contributed by atoms with Crippen LogP contribution in [-0.2, 0) is 4.79 Å². The summed E-state index contributed by atoms with van der Waals surface area (Å²) in [5.74, 6) is -0.462. The monoisotopic (exact) mass is 297 g/mol. The maximum absolute atomic E-state index is 11.9. The number of nitrogens with one attached hydrogen (secondary N) is 2. The number of carbonyl (C=O) groups excluding carboxylic acids is 2. The standard InChI is InChI=1S/C14H20ClN3O2/c1-3-9(2)18-12(19)7-8-17-14(20)13-10(15)5-4-6-11(13)16/h4-6,9H,3,7-8,16H2,1-2H3,(H,17,20)(H,18,19). The van der Waals surface area contributed by atoms with Gasteiger partial charge in [-0.05, 0) is 25.5 Å². The van der Waals surface area contributed by atoms with Crippen molar-refractivity contribution in [1.82, 2.24) is 10.6 Å². The summed E-state index contributed by atoms with van der Waals surface area (Å²) in [6.45, 7) is 4.17. The number of hydrogen-bond donors (Lipinski definition) is 3. The Kier molecular flexibility index (Phi) is 6.31. The highest BCUT2D eigenvalue weighted by molar-refractivity contribution is 6.34. The molecule has 0 aliphatic carbocycles. The van der Waals surface area contributed by atoms with Gasteiger partial charge in [0, 0.05) is 24.7 Å². The summed E-state index contributed by atoms with van der Waals surface area (Å²) in [6.07, 6.45) is 1.09. The fourth-order valence-electron chi connectivity index (χ4n) is 1.61. The first-order chi connectivity index (χ1) is 9.45. The van der Waals surface area contributed by atoms with E-state index in [1.54, 1.807) is 18.2 Å². The Bertz CT molecular complexity index is 471. The molecule has 5 nitrogen and oxygen atoms in total. The molecule has 1 atom stereocenters. The lowest BCUT2D eigenvalue weighted by atomic mass is 10.1. The van der Waals surface area contributed by atoms with E-state index in [1.807, 2.05) is 13.8 Å². The third-order valence-electron chi connectivity index (χ3n) is 2.93. The van der Waals surface area contributed by atoms with Crippen LogP contribution in [0.3, 0.4) is 0 Å². The summed E-state index contributed by atoms with van der Waals surface area (Å²) in [4.78, 5) is 23.5. The number of carbonyl (C=O) groups is 2. The van der Waals surface area contributed by atoms with E-state index in [0.717, 1.165) is 6.42 Å². The number of hydrogen-bond acceptors (Lipinski definition) is 3. The number of nitrogen functional groups attached to an aromatic ring is 1. The summed E-state index contributed by atoms with van der Waals surface area (Å²) in [7, 11) is 0. The number of amides is 2. The minimum Gasteiger partial charge on any atom is -0.398 e. The largest absolute Gasteiger partial charge is 0.398 e. The second kappa shape index (κ2) is 7.75. The van der Waals surface area contributed by atoms with Crippen LogP contribution in [0, 0.1) is 0 Å². The zero-order chi connectivity index (χ0) is 15.1. The molecule has 4 N–H and O–H groups in total. The van der Waals surface area contributed by atoms with Gasteiger partial charge in [0.2, 0.25) is 5.91 Å². The zero-order valence-corrected chi connectivity index (χ0v) is 12.5. The van der Waals surface area contributed by atoms with Gasteiger partial charge < -0.3 is 16.4 Å². The fraction of sp³-hybridized carbons (Fsp3) is 0.429. The van der Waals surface area contributed by atoms with E-state index in [9.17, 15) is 9.59 Å². The van der Waals surface area contributed by atoms with E-state index in [4.69, 9.17) is 17.3 Å². The highest BCUT2D eigenvalue weighted by Gasteiger charge is 2.14. The average Bonchev–Trinajstić information content (AvgIpc) is 2.38. The van der Waals surface area contributed by atoms with Crippen molar-refractivity contribution in [3.63, 3.8) is 0 Å². The number of nitrogens with two attached hydrogens (primary N) is 1. The van der Waals surface area contributed by atoms with Crippen molar-refractivity contribution in [3.8, 4) is 0 Å². The van der Waals surface area contributed by atoms with Gasteiger partial charge in [-0.3, -0.25) is 9.59 Å². The first-order valence-corrected chi connectivity index (χ1v) is 6.95. The van der Waals surface area contributed by atoms with Gasteiger partial charge in [-0.2, -0.15) is 0 Å². The molecule has 0 bridgehead atoms. The van der Waals surface area contributed by atoms with Crippen LogP contribution >= 0.6 is 11.6 Å². The molecule has 0 saturated carbocycles. The van der Waals surface area contributed by atoms with Crippen molar-refractivity contribution in [2.75, 3.05) is 12.3 Å². The van der Waals surface area contributed by atoms with Gasteiger partial charge in [0.15, 0.2) is 0 Å². The van der Waals surface area contributed by atoms with Crippen LogP contribution in [0.4, 0.5) is 5.69 Å². The molecule has 0 heterocycles. The molecule has 2 amide bonds. The van der Waals surface area contributed by atoms with E-state index in [2.05, 4.69) is 10.6 Å². The molecule has 1 rings (SSSR count). The van der Waals surface area contributed by atoms with E-state index in [-0.39, 0.29) is 36.4 Å². The lowest BCUT2D eigenvalue weighted by Crippen LogP contribution is -2.35. The lowest BCUT2D eigenvalue weighted by Gasteiger charge is -2.12. The number of halogens is 1. The molecule has 20 heavy (non-hydrogen) atoms. The Balaban J connectivity index is 2.46. The first kappa shape index (κ1) is 16.3. The van der Waals surface area contributed by atoms with Crippen LogP contribution in [0.2, 0.25) is 5.02 Å². The number of benzene rings is 1. The third-order valence-corrected chi connectivity index (χ3v) is 3.25. The van der Waals surface area contributed by atoms with Crippen LogP contribution in [0.1, 0.15) is 37.0 Å². The SMILES string of the molecule is CCC(C)NC(=O)CCNC(=O)c1c(N)cccc1Cl. The van der Waals surface area contributed by atoms with E-state index in [1.165, 1.54) is 0 Å². The average molecular weight is 298 g/mol. The van der Waals surface area contributed by atoms with E-state index >= 15 is 0 Å². The van der Waals surface area contributed by atoms with Crippen molar-refractivity contribution in [3.05, 3.63) is 28.8 Å². The molecule has 0 fully saturated rings. The van der Waals surface area contributed by atoms with Crippen molar-refractivity contribution >= 4 is 29.1 Å². The molecule has 1 aromatic carbocycles. The van der Waals surface area contributed by atoms with Crippen LogP contribution in [0.15, 0.2) is 18.2 Å². The van der Waals surface area contributed by atoms with Gasteiger partial charge in [-0.1, -0.05) is 24.6 Å². The summed E-state index contributed by atoms with van der Waals surface area (Å²) in [5.41, 5.74) is 6.28. The highest BCUT2D eigenvalue weighted by Crippen LogP contribution is 2.21. The zero-order valence-electron chi connectivity index (χ0n) is 11.7. The quantitative estimate of drug-likeness (QED) is 0.702. The molecule has 110 valence electrons. The number of anilines is 1. The van der Waals surface area contributed by atoms with Crippen molar-refractivity contribution in [2.24, 2.45) is 0 Å². The van der Waals surface area contributed by atoms with Gasteiger partial charge in [0.05, 0.1) is 10.6 Å². The minimum atomic E-state index is -0.371. The molecule has 0 spiro atoms.